The molecule has 3 aromatic heterocycles. The number of hydrogen-bond acceptors (Lipinski definition) is 10. The van der Waals surface area contributed by atoms with Crippen LogP contribution in [0.25, 0.3) is 10.2 Å². The summed E-state index contributed by atoms with van der Waals surface area (Å²) in [7, 11) is 0. The van der Waals surface area contributed by atoms with Gasteiger partial charge >= 0.3 is 0 Å². The molecule has 0 bridgehead atoms. The topological polar surface area (TPSA) is 115 Å². The van der Waals surface area contributed by atoms with Gasteiger partial charge in [-0.15, -0.1) is 16.4 Å². The third kappa shape index (κ3) is 3.95. The molecule has 4 aromatic rings. The Morgan fingerprint density at radius 3 is 2.68 bits per heavy atom. The van der Waals surface area contributed by atoms with E-state index in [0.29, 0.717) is 17.9 Å². The average molecular weight is 456 g/mol. The van der Waals surface area contributed by atoms with Crippen LogP contribution in [-0.4, -0.2) is 56.3 Å². The van der Waals surface area contributed by atoms with Crippen molar-refractivity contribution in [3.8, 4) is 0 Å². The highest BCUT2D eigenvalue weighted by Crippen LogP contribution is 2.34. The molecule has 162 valence electrons. The van der Waals surface area contributed by atoms with Crippen molar-refractivity contribution in [3.05, 3.63) is 40.3 Å². The molecular weight excluding hydrogens is 430 g/mol. The summed E-state index contributed by atoms with van der Waals surface area (Å²) in [5.74, 6) is 0.940. The maximum Gasteiger partial charge on any atom is 0.186 e. The van der Waals surface area contributed by atoms with Crippen LogP contribution in [-0.2, 0) is 6.54 Å². The molecule has 1 saturated heterocycles. The number of anilines is 3. The summed E-state index contributed by atoms with van der Waals surface area (Å²) in [5, 5.41) is 15.7. The lowest BCUT2D eigenvalue weighted by atomic mass is 10.1. The molecule has 11 heteroatoms. The highest BCUT2D eigenvalue weighted by Gasteiger charge is 2.29. The molecular formula is C20H25N9S2. The number of fused-ring (bicyclic) bond motifs is 1. The van der Waals surface area contributed by atoms with Gasteiger partial charge in [0.05, 0.1) is 34.2 Å². The van der Waals surface area contributed by atoms with E-state index in [-0.39, 0.29) is 6.04 Å². The van der Waals surface area contributed by atoms with Crippen LogP contribution in [0.15, 0.2) is 29.6 Å². The van der Waals surface area contributed by atoms with Gasteiger partial charge in [-0.3, -0.25) is 4.90 Å². The second-order valence-electron chi connectivity index (χ2n) is 7.67. The van der Waals surface area contributed by atoms with E-state index >= 15 is 0 Å². The number of nitrogens with two attached hydrogens (primary N) is 2. The molecule has 1 aromatic carbocycles. The van der Waals surface area contributed by atoms with Crippen LogP contribution in [0, 0.1) is 0 Å². The fraction of sp³-hybridized carbons (Fsp3) is 0.400. The van der Waals surface area contributed by atoms with Crippen LogP contribution < -0.4 is 16.4 Å². The quantitative estimate of drug-likeness (QED) is 0.427. The minimum atomic E-state index is 0.201. The number of hydrogen-bond donors (Lipinski definition) is 2. The zero-order chi connectivity index (χ0) is 21.4. The van der Waals surface area contributed by atoms with E-state index in [1.165, 1.54) is 4.88 Å². The van der Waals surface area contributed by atoms with Crippen molar-refractivity contribution in [1.82, 2.24) is 30.1 Å². The van der Waals surface area contributed by atoms with Gasteiger partial charge < -0.3 is 16.4 Å². The van der Waals surface area contributed by atoms with E-state index in [9.17, 15) is 0 Å². The second kappa shape index (κ2) is 8.40. The highest BCUT2D eigenvalue weighted by atomic mass is 32.1. The van der Waals surface area contributed by atoms with E-state index < -0.39 is 0 Å². The summed E-state index contributed by atoms with van der Waals surface area (Å²) in [6.07, 6.45) is 0.963. The average Bonchev–Trinajstić information content (AvgIpc) is 3.52. The SMILES string of the molecule is CCC(c1nnnn1Cc1cccs1)N1CCN(c2nc3cc(N)c(N)cc3s2)CC1. The maximum atomic E-state index is 5.96. The minimum absolute atomic E-state index is 0.201. The predicted molar refractivity (Wildman–Crippen MR) is 127 cm³/mol. The number of benzene rings is 1. The first-order valence-electron chi connectivity index (χ1n) is 10.4. The molecule has 31 heavy (non-hydrogen) atoms. The second-order valence-corrected chi connectivity index (χ2v) is 9.71. The van der Waals surface area contributed by atoms with Gasteiger partial charge in [-0.1, -0.05) is 24.3 Å². The van der Waals surface area contributed by atoms with Crippen molar-refractivity contribution < 1.29 is 0 Å². The van der Waals surface area contributed by atoms with Gasteiger partial charge in [0.25, 0.3) is 0 Å². The number of aromatic nitrogens is 5. The zero-order valence-corrected chi connectivity index (χ0v) is 18.9. The van der Waals surface area contributed by atoms with Crippen molar-refractivity contribution in [1.29, 1.82) is 0 Å². The highest BCUT2D eigenvalue weighted by molar-refractivity contribution is 7.22. The van der Waals surface area contributed by atoms with Gasteiger partial charge in [0.15, 0.2) is 11.0 Å². The predicted octanol–water partition coefficient (Wildman–Crippen LogP) is 2.83. The lowest BCUT2D eigenvalue weighted by Gasteiger charge is -2.38. The molecule has 4 heterocycles. The van der Waals surface area contributed by atoms with Gasteiger partial charge in [-0.05, 0) is 40.4 Å². The molecule has 5 rings (SSSR count). The van der Waals surface area contributed by atoms with Crippen molar-refractivity contribution in [3.63, 3.8) is 0 Å². The molecule has 1 fully saturated rings. The number of thiazole rings is 1. The van der Waals surface area contributed by atoms with Crippen molar-refractivity contribution in [2.24, 2.45) is 0 Å². The van der Waals surface area contributed by atoms with E-state index in [2.05, 4.69) is 49.8 Å². The van der Waals surface area contributed by atoms with E-state index in [1.54, 1.807) is 22.7 Å². The number of tetrazole rings is 1. The summed E-state index contributed by atoms with van der Waals surface area (Å²) in [6, 6.07) is 8.16. The Balaban J connectivity index is 1.29. The standard InChI is InChI=1S/C20H25N9S2/c1-2-17(19-24-25-26-29(19)12-13-4-3-9-30-13)27-5-7-28(8-6-27)20-23-16-10-14(21)15(22)11-18(16)31-20/h3-4,9-11,17H,2,5-8,12,21-22H2,1H3. The Morgan fingerprint density at radius 2 is 1.94 bits per heavy atom. The van der Waals surface area contributed by atoms with Crippen LogP contribution in [0.1, 0.15) is 30.1 Å². The van der Waals surface area contributed by atoms with E-state index in [4.69, 9.17) is 16.5 Å². The van der Waals surface area contributed by atoms with E-state index in [1.807, 2.05) is 16.8 Å². The van der Waals surface area contributed by atoms with Gasteiger partial charge in [-0.2, -0.15) is 0 Å². The van der Waals surface area contributed by atoms with Crippen molar-refractivity contribution >= 4 is 49.4 Å². The molecule has 0 saturated carbocycles. The molecule has 4 N–H and O–H groups in total. The molecule has 0 radical (unpaired) electrons. The van der Waals surface area contributed by atoms with Gasteiger partial charge in [0.1, 0.15) is 0 Å². The fourth-order valence-electron chi connectivity index (χ4n) is 4.07. The summed E-state index contributed by atoms with van der Waals surface area (Å²) in [4.78, 5) is 10.9. The van der Waals surface area contributed by atoms with E-state index in [0.717, 1.165) is 53.8 Å². The number of piperazine rings is 1. The molecule has 1 aliphatic rings. The first-order valence-corrected chi connectivity index (χ1v) is 12.0. The third-order valence-corrected chi connectivity index (χ3v) is 7.68. The van der Waals surface area contributed by atoms with Crippen LogP contribution in [0.3, 0.4) is 0 Å². The van der Waals surface area contributed by atoms with Gasteiger partial charge in [-0.25, -0.2) is 9.67 Å². The smallest absolute Gasteiger partial charge is 0.186 e. The normalized spacial score (nSPS) is 16.2. The maximum absolute atomic E-state index is 5.96. The molecule has 1 unspecified atom stereocenters. The third-order valence-electron chi connectivity index (χ3n) is 5.74. The van der Waals surface area contributed by atoms with Crippen LogP contribution in [0.2, 0.25) is 0 Å². The van der Waals surface area contributed by atoms with Crippen LogP contribution in [0.5, 0.6) is 0 Å². The Labute approximate surface area is 188 Å². The van der Waals surface area contributed by atoms with Crippen molar-refractivity contribution in [2.75, 3.05) is 42.5 Å². The minimum Gasteiger partial charge on any atom is -0.397 e. The number of rotatable bonds is 6. The zero-order valence-electron chi connectivity index (χ0n) is 17.3. The fourth-order valence-corrected chi connectivity index (χ4v) is 5.80. The summed E-state index contributed by atoms with van der Waals surface area (Å²) in [5.41, 5.74) is 14.0. The summed E-state index contributed by atoms with van der Waals surface area (Å²) < 4.78 is 3.01. The van der Waals surface area contributed by atoms with Crippen LogP contribution in [0.4, 0.5) is 16.5 Å². The molecule has 1 aliphatic heterocycles. The number of thiophene rings is 1. The first kappa shape index (κ1) is 20.2. The number of nitrogen functional groups attached to an aromatic ring is 2. The molecule has 0 spiro atoms. The first-order chi connectivity index (χ1) is 15.1. The molecule has 9 nitrogen and oxygen atoms in total. The molecule has 0 aliphatic carbocycles. The monoisotopic (exact) mass is 455 g/mol. The Hall–Kier alpha value is -2.76. The number of nitrogens with zero attached hydrogens (tertiary/aromatic N) is 7. The molecule has 1 atom stereocenters. The summed E-state index contributed by atoms with van der Waals surface area (Å²) >= 11 is 3.40. The Kier molecular flexibility index (Phi) is 5.47. The van der Waals surface area contributed by atoms with Gasteiger partial charge in [0.2, 0.25) is 0 Å². The summed E-state index contributed by atoms with van der Waals surface area (Å²) in [6.45, 7) is 6.61. The van der Waals surface area contributed by atoms with Crippen LogP contribution >= 0.6 is 22.7 Å². The molecule has 0 amide bonds. The largest absolute Gasteiger partial charge is 0.397 e. The lowest BCUT2D eigenvalue weighted by Crippen LogP contribution is -2.48. The van der Waals surface area contributed by atoms with Gasteiger partial charge in [0, 0.05) is 31.1 Å². The Bertz CT molecular complexity index is 1120. The van der Waals surface area contributed by atoms with Crippen molar-refractivity contribution in [2.45, 2.75) is 25.9 Å². The lowest BCUT2D eigenvalue weighted by molar-refractivity contribution is 0.169. The Morgan fingerprint density at radius 1 is 1.13 bits per heavy atom.